The van der Waals surface area contributed by atoms with Crippen LogP contribution in [0.1, 0.15) is 55.2 Å². The summed E-state index contributed by atoms with van der Waals surface area (Å²) in [6.07, 6.45) is -5.34. The number of carbonyl (C=O) groups is 2. The highest BCUT2D eigenvalue weighted by Crippen LogP contribution is 2.34. The molecule has 3 atom stereocenters. The average molecular weight is 495 g/mol. The molecule has 33 heavy (non-hydrogen) atoms. The van der Waals surface area contributed by atoms with Crippen LogP contribution in [0.2, 0.25) is 0 Å². The van der Waals surface area contributed by atoms with Crippen LogP contribution in [-0.4, -0.2) is 42.9 Å². The summed E-state index contributed by atoms with van der Waals surface area (Å²) >= 11 is 0. The molecule has 1 aromatic rings. The summed E-state index contributed by atoms with van der Waals surface area (Å²) in [4.78, 5) is 25.8. The van der Waals surface area contributed by atoms with Gasteiger partial charge < -0.3 is 9.47 Å². The first kappa shape index (κ1) is 27.1. The molecule has 11 heteroatoms. The molecule has 0 radical (unpaired) electrons. The molecule has 1 N–H and O–H groups in total. The number of carbonyl (C=O) groups excluding carboxylic acids is 2. The molecule has 1 aromatic carbocycles. The summed E-state index contributed by atoms with van der Waals surface area (Å²) < 4.78 is 80.7. The molecule has 186 valence electrons. The van der Waals surface area contributed by atoms with Gasteiger partial charge in [-0.1, -0.05) is 43.4 Å². The number of aryl methyl sites for hydroxylation is 3. The molecule has 0 amide bonds. The molecular formula is C22H29F3O7S. The molecule has 1 aliphatic carbocycles. The first-order valence-corrected chi connectivity index (χ1v) is 12.3. The highest BCUT2D eigenvalue weighted by molar-refractivity contribution is 7.85. The lowest BCUT2D eigenvalue weighted by molar-refractivity contribution is -0.218. The minimum atomic E-state index is -5.21. The summed E-state index contributed by atoms with van der Waals surface area (Å²) in [7, 11) is -5.07. The Bertz CT molecular complexity index is 950. The Morgan fingerprint density at radius 2 is 1.48 bits per heavy atom. The number of benzene rings is 1. The third kappa shape index (κ3) is 7.99. The Kier molecular flexibility index (Phi) is 8.92. The quantitative estimate of drug-likeness (QED) is 0.353. The summed E-state index contributed by atoms with van der Waals surface area (Å²) in [5, 5.41) is 0. The van der Waals surface area contributed by atoms with Crippen LogP contribution in [0, 0.1) is 32.6 Å². The first-order chi connectivity index (χ1) is 15.2. The maximum absolute atomic E-state index is 13.2. The highest BCUT2D eigenvalue weighted by atomic mass is 32.2. The number of hydrogen-bond donors (Lipinski definition) is 1. The Morgan fingerprint density at radius 3 is 1.94 bits per heavy atom. The van der Waals surface area contributed by atoms with Crippen molar-refractivity contribution in [2.45, 2.75) is 71.6 Å². The maximum atomic E-state index is 13.2. The van der Waals surface area contributed by atoms with Gasteiger partial charge in [0.05, 0.1) is 11.8 Å². The molecule has 1 aliphatic rings. The zero-order chi connectivity index (χ0) is 25.0. The fourth-order valence-electron chi connectivity index (χ4n) is 4.17. The van der Waals surface area contributed by atoms with E-state index in [0.29, 0.717) is 29.7 Å². The molecule has 0 bridgehead atoms. The summed E-state index contributed by atoms with van der Waals surface area (Å²) in [5.74, 6) is -5.83. The minimum absolute atomic E-state index is 0.0981. The van der Waals surface area contributed by atoms with E-state index in [4.69, 9.17) is 9.29 Å². The second-order valence-corrected chi connectivity index (χ2v) is 10.1. The molecule has 0 aliphatic heterocycles. The standard InChI is InChI=1S/C22H29F3O7S/c1-13-10-14(2)19(15(3)11-13)32-21(27)17-9-7-5-4-6-8-16(17)20(26)31-18(22(23,24)25)12-33(28,29)30/h10-11,16-18H,4-9,12H2,1-3H3,(H,28,29,30). The van der Waals surface area contributed by atoms with Crippen molar-refractivity contribution in [3.8, 4) is 5.75 Å². The zero-order valence-electron chi connectivity index (χ0n) is 18.8. The fraction of sp³-hybridized carbons (Fsp3) is 0.636. The van der Waals surface area contributed by atoms with Crippen molar-refractivity contribution in [1.29, 1.82) is 0 Å². The molecule has 0 saturated heterocycles. The van der Waals surface area contributed by atoms with E-state index in [1.54, 1.807) is 13.8 Å². The Balaban J connectivity index is 2.29. The maximum Gasteiger partial charge on any atom is 0.426 e. The predicted molar refractivity (Wildman–Crippen MR) is 113 cm³/mol. The normalized spacial score (nSPS) is 20.9. The van der Waals surface area contributed by atoms with Gasteiger partial charge in [0.1, 0.15) is 11.5 Å². The van der Waals surface area contributed by atoms with E-state index in [-0.39, 0.29) is 12.8 Å². The average Bonchev–Trinajstić information content (AvgIpc) is 2.61. The molecule has 3 unspecified atom stereocenters. The van der Waals surface area contributed by atoms with Crippen LogP contribution in [0.25, 0.3) is 0 Å². The van der Waals surface area contributed by atoms with E-state index >= 15 is 0 Å². The van der Waals surface area contributed by atoms with Crippen molar-refractivity contribution in [2.24, 2.45) is 11.8 Å². The summed E-state index contributed by atoms with van der Waals surface area (Å²) in [5.41, 5.74) is 2.38. The number of rotatable bonds is 6. The minimum Gasteiger partial charge on any atom is -0.451 e. The highest BCUT2D eigenvalue weighted by Gasteiger charge is 2.47. The molecule has 0 heterocycles. The van der Waals surface area contributed by atoms with Gasteiger partial charge >= 0.3 is 18.1 Å². The van der Waals surface area contributed by atoms with Crippen LogP contribution in [0.15, 0.2) is 12.1 Å². The summed E-state index contributed by atoms with van der Waals surface area (Å²) in [6, 6.07) is 3.64. The van der Waals surface area contributed by atoms with Gasteiger partial charge in [-0.15, -0.1) is 0 Å². The van der Waals surface area contributed by atoms with Crippen molar-refractivity contribution < 1.29 is 45.2 Å². The fourth-order valence-corrected chi connectivity index (χ4v) is 4.81. The summed E-state index contributed by atoms with van der Waals surface area (Å²) in [6.45, 7) is 5.40. The third-order valence-electron chi connectivity index (χ3n) is 5.66. The second kappa shape index (κ2) is 10.9. The van der Waals surface area contributed by atoms with E-state index in [2.05, 4.69) is 4.74 Å². The lowest BCUT2D eigenvalue weighted by atomic mass is 9.81. The topological polar surface area (TPSA) is 107 Å². The van der Waals surface area contributed by atoms with Gasteiger partial charge in [0.15, 0.2) is 0 Å². The van der Waals surface area contributed by atoms with Crippen LogP contribution in [-0.2, 0) is 24.4 Å². The lowest BCUT2D eigenvalue weighted by Gasteiger charge is -2.29. The Labute approximate surface area is 191 Å². The molecule has 1 fully saturated rings. The number of esters is 2. The number of halogens is 3. The number of alkyl halides is 3. The Hall–Kier alpha value is -2.14. The van der Waals surface area contributed by atoms with Gasteiger partial charge in [-0.25, -0.2) is 0 Å². The zero-order valence-corrected chi connectivity index (χ0v) is 19.6. The van der Waals surface area contributed by atoms with E-state index in [1.165, 1.54) is 0 Å². The first-order valence-electron chi connectivity index (χ1n) is 10.7. The molecule has 0 aromatic heterocycles. The van der Waals surface area contributed by atoms with E-state index in [0.717, 1.165) is 18.4 Å². The van der Waals surface area contributed by atoms with Crippen molar-refractivity contribution >= 4 is 22.1 Å². The molecular weight excluding hydrogens is 465 g/mol. The van der Waals surface area contributed by atoms with E-state index in [1.807, 2.05) is 19.1 Å². The number of hydrogen-bond acceptors (Lipinski definition) is 6. The van der Waals surface area contributed by atoms with Gasteiger partial charge in [-0.05, 0) is 44.7 Å². The smallest absolute Gasteiger partial charge is 0.426 e. The molecule has 2 rings (SSSR count). The van der Waals surface area contributed by atoms with Gasteiger partial charge in [0.25, 0.3) is 10.1 Å². The van der Waals surface area contributed by atoms with Crippen molar-refractivity contribution in [2.75, 3.05) is 5.75 Å². The van der Waals surface area contributed by atoms with E-state index < -0.39 is 51.9 Å². The Morgan fingerprint density at radius 1 is 1.00 bits per heavy atom. The molecule has 7 nitrogen and oxygen atoms in total. The molecule has 0 spiro atoms. The van der Waals surface area contributed by atoms with Crippen LogP contribution in [0.4, 0.5) is 13.2 Å². The largest absolute Gasteiger partial charge is 0.451 e. The second-order valence-electron chi connectivity index (χ2n) is 8.57. The van der Waals surface area contributed by atoms with Crippen LogP contribution in [0.3, 0.4) is 0 Å². The van der Waals surface area contributed by atoms with E-state index in [9.17, 15) is 31.2 Å². The van der Waals surface area contributed by atoms with Gasteiger partial charge in [-0.3, -0.25) is 14.1 Å². The van der Waals surface area contributed by atoms with Gasteiger partial charge in [0.2, 0.25) is 6.10 Å². The van der Waals surface area contributed by atoms with Gasteiger partial charge in [0, 0.05) is 0 Å². The van der Waals surface area contributed by atoms with Gasteiger partial charge in [-0.2, -0.15) is 21.6 Å². The number of ether oxygens (including phenoxy) is 2. The van der Waals surface area contributed by atoms with Crippen LogP contribution in [0.5, 0.6) is 5.75 Å². The van der Waals surface area contributed by atoms with Crippen molar-refractivity contribution in [3.63, 3.8) is 0 Å². The monoisotopic (exact) mass is 494 g/mol. The van der Waals surface area contributed by atoms with Crippen LogP contribution < -0.4 is 4.74 Å². The lowest BCUT2D eigenvalue weighted by Crippen LogP contribution is -2.43. The van der Waals surface area contributed by atoms with Crippen LogP contribution >= 0.6 is 0 Å². The van der Waals surface area contributed by atoms with Crippen molar-refractivity contribution in [3.05, 3.63) is 28.8 Å². The SMILES string of the molecule is Cc1cc(C)c(OC(=O)C2CCCCCCC2C(=O)OC(CS(=O)(=O)O)C(F)(F)F)c(C)c1. The van der Waals surface area contributed by atoms with Crippen molar-refractivity contribution in [1.82, 2.24) is 0 Å². The predicted octanol–water partition coefficient (Wildman–Crippen LogP) is 4.47. The third-order valence-corrected chi connectivity index (χ3v) is 6.39. The molecule has 1 saturated carbocycles.